The van der Waals surface area contributed by atoms with Gasteiger partial charge in [-0.1, -0.05) is 31.2 Å². The van der Waals surface area contributed by atoms with Gasteiger partial charge in [0.15, 0.2) is 0 Å². The monoisotopic (exact) mass is 349 g/mol. The molecular weight excluding hydrogens is 330 g/mol. The van der Waals surface area contributed by atoms with Crippen molar-refractivity contribution < 1.29 is 9.47 Å². The Morgan fingerprint density at radius 1 is 1.00 bits per heavy atom. The molecule has 0 spiro atoms. The second-order valence-corrected chi connectivity index (χ2v) is 5.41. The molecule has 0 aliphatic carbocycles. The van der Waals surface area contributed by atoms with Gasteiger partial charge in [-0.25, -0.2) is 0 Å². The summed E-state index contributed by atoms with van der Waals surface area (Å²) in [6, 6.07) is 15.9. The highest BCUT2D eigenvalue weighted by Gasteiger charge is 2.00. The van der Waals surface area contributed by atoms with Crippen LogP contribution >= 0.6 is 15.9 Å². The van der Waals surface area contributed by atoms with Crippen LogP contribution in [-0.4, -0.2) is 19.8 Å². The Morgan fingerprint density at radius 2 is 1.81 bits per heavy atom. The molecule has 0 heterocycles. The molecule has 0 atom stereocenters. The van der Waals surface area contributed by atoms with Gasteiger partial charge in [-0.3, -0.25) is 0 Å². The fourth-order valence-electron chi connectivity index (χ4n) is 1.89. The van der Waals surface area contributed by atoms with E-state index in [1.54, 1.807) is 0 Å². The van der Waals surface area contributed by atoms with E-state index in [-0.39, 0.29) is 0 Å². The number of nitrogens with one attached hydrogen (secondary N) is 1. The predicted octanol–water partition coefficient (Wildman–Crippen LogP) is 4.02. The number of halogens is 1. The molecule has 0 unspecified atom stereocenters. The van der Waals surface area contributed by atoms with Crippen LogP contribution in [0.5, 0.6) is 11.5 Å². The summed E-state index contributed by atoms with van der Waals surface area (Å²) < 4.78 is 12.3. The van der Waals surface area contributed by atoms with Crippen LogP contribution in [0.1, 0.15) is 12.5 Å². The summed E-state index contributed by atoms with van der Waals surface area (Å²) in [5.41, 5.74) is 1.22. The molecule has 2 aromatic rings. The zero-order valence-electron chi connectivity index (χ0n) is 12.1. The third-order valence-corrected chi connectivity index (χ3v) is 3.58. The molecule has 0 bridgehead atoms. The Morgan fingerprint density at radius 3 is 2.62 bits per heavy atom. The molecule has 0 fully saturated rings. The van der Waals surface area contributed by atoms with Crippen LogP contribution in [0.4, 0.5) is 0 Å². The van der Waals surface area contributed by atoms with Crippen LogP contribution in [0.3, 0.4) is 0 Å². The maximum absolute atomic E-state index is 5.72. The summed E-state index contributed by atoms with van der Waals surface area (Å²) in [7, 11) is 0. The van der Waals surface area contributed by atoms with Crippen molar-refractivity contribution in [2.45, 2.75) is 13.5 Å². The summed E-state index contributed by atoms with van der Waals surface area (Å²) in [5, 5.41) is 3.30. The third-order valence-electron chi connectivity index (χ3n) is 2.92. The van der Waals surface area contributed by atoms with Crippen molar-refractivity contribution in [3.05, 3.63) is 58.6 Å². The zero-order valence-corrected chi connectivity index (χ0v) is 13.7. The van der Waals surface area contributed by atoms with Crippen LogP contribution < -0.4 is 14.8 Å². The van der Waals surface area contributed by atoms with Crippen LogP contribution in [0, 0.1) is 0 Å². The lowest BCUT2D eigenvalue weighted by Gasteiger charge is -2.10. The van der Waals surface area contributed by atoms with Crippen molar-refractivity contribution in [3.63, 3.8) is 0 Å². The van der Waals surface area contributed by atoms with E-state index in [0.717, 1.165) is 29.1 Å². The first-order valence-electron chi connectivity index (χ1n) is 7.09. The maximum atomic E-state index is 5.72. The second-order valence-electron chi connectivity index (χ2n) is 4.56. The molecular formula is C17H20BrNO2. The summed E-state index contributed by atoms with van der Waals surface area (Å²) >= 11 is 3.45. The number of benzene rings is 2. The van der Waals surface area contributed by atoms with Crippen molar-refractivity contribution in [1.82, 2.24) is 5.32 Å². The molecule has 0 amide bonds. The van der Waals surface area contributed by atoms with Gasteiger partial charge in [0.2, 0.25) is 0 Å². The number of ether oxygens (including phenoxy) is 2. The van der Waals surface area contributed by atoms with E-state index >= 15 is 0 Å². The van der Waals surface area contributed by atoms with Crippen LogP contribution in [-0.2, 0) is 6.54 Å². The molecule has 3 nitrogen and oxygen atoms in total. The van der Waals surface area contributed by atoms with Crippen molar-refractivity contribution in [2.24, 2.45) is 0 Å². The first-order chi connectivity index (χ1) is 10.3. The summed E-state index contributed by atoms with van der Waals surface area (Å²) in [4.78, 5) is 0. The number of hydrogen-bond donors (Lipinski definition) is 1. The fourth-order valence-corrected chi connectivity index (χ4v) is 2.29. The van der Waals surface area contributed by atoms with Crippen molar-refractivity contribution in [1.29, 1.82) is 0 Å². The predicted molar refractivity (Wildman–Crippen MR) is 89.0 cm³/mol. The zero-order chi connectivity index (χ0) is 14.9. The molecule has 0 aliphatic heterocycles. The molecule has 2 rings (SSSR count). The third kappa shape index (κ3) is 5.40. The van der Waals surface area contributed by atoms with E-state index in [0.29, 0.717) is 13.2 Å². The minimum Gasteiger partial charge on any atom is -0.490 e. The summed E-state index contributed by atoms with van der Waals surface area (Å²) in [5.74, 6) is 1.71. The number of hydrogen-bond acceptors (Lipinski definition) is 3. The Balaban J connectivity index is 1.77. The molecule has 0 radical (unpaired) electrons. The van der Waals surface area contributed by atoms with Gasteiger partial charge in [0.1, 0.15) is 24.7 Å². The lowest BCUT2D eigenvalue weighted by atomic mass is 10.2. The molecule has 2 aromatic carbocycles. The van der Waals surface area contributed by atoms with E-state index in [9.17, 15) is 0 Å². The molecule has 112 valence electrons. The average molecular weight is 350 g/mol. The van der Waals surface area contributed by atoms with E-state index in [2.05, 4.69) is 40.3 Å². The molecule has 0 aliphatic rings. The Bertz CT molecular complexity index is 560. The van der Waals surface area contributed by atoms with E-state index < -0.39 is 0 Å². The van der Waals surface area contributed by atoms with Crippen LogP contribution in [0.25, 0.3) is 0 Å². The van der Waals surface area contributed by atoms with E-state index in [4.69, 9.17) is 9.47 Å². The van der Waals surface area contributed by atoms with Crippen molar-refractivity contribution >= 4 is 15.9 Å². The van der Waals surface area contributed by atoms with Crippen LogP contribution in [0.2, 0.25) is 0 Å². The normalized spacial score (nSPS) is 10.4. The minimum absolute atomic E-state index is 0.514. The summed E-state index contributed by atoms with van der Waals surface area (Å²) in [6.07, 6.45) is 0. The average Bonchev–Trinajstić information content (AvgIpc) is 2.51. The standard InChI is InChI=1S/C17H20BrNO2/c1-2-19-13-14-6-5-7-15(12-14)20-10-11-21-17-9-4-3-8-16(17)18/h3-9,12,19H,2,10-11,13H2,1H3. The van der Waals surface area contributed by atoms with Crippen molar-refractivity contribution in [3.8, 4) is 11.5 Å². The lowest BCUT2D eigenvalue weighted by molar-refractivity contribution is 0.216. The van der Waals surface area contributed by atoms with Gasteiger partial charge in [-0.15, -0.1) is 0 Å². The molecule has 1 N–H and O–H groups in total. The SMILES string of the molecule is CCNCc1cccc(OCCOc2ccccc2Br)c1. The molecule has 4 heteroatoms. The molecule has 0 saturated carbocycles. The summed E-state index contributed by atoms with van der Waals surface area (Å²) in [6.45, 7) is 4.96. The highest BCUT2D eigenvalue weighted by Crippen LogP contribution is 2.23. The molecule has 21 heavy (non-hydrogen) atoms. The topological polar surface area (TPSA) is 30.5 Å². The number of para-hydroxylation sites is 1. The second kappa shape index (κ2) is 8.70. The molecule has 0 saturated heterocycles. The van der Waals surface area contributed by atoms with Crippen LogP contribution in [0.15, 0.2) is 53.0 Å². The highest BCUT2D eigenvalue weighted by atomic mass is 79.9. The van der Waals surface area contributed by atoms with Gasteiger partial charge in [0.05, 0.1) is 4.47 Å². The lowest BCUT2D eigenvalue weighted by Crippen LogP contribution is -2.12. The van der Waals surface area contributed by atoms with Gasteiger partial charge >= 0.3 is 0 Å². The quantitative estimate of drug-likeness (QED) is 0.730. The minimum atomic E-state index is 0.514. The van der Waals surface area contributed by atoms with Gasteiger partial charge in [0, 0.05) is 6.54 Å². The van der Waals surface area contributed by atoms with Gasteiger partial charge in [-0.2, -0.15) is 0 Å². The Kier molecular flexibility index (Phi) is 6.57. The van der Waals surface area contributed by atoms with Gasteiger partial charge in [-0.05, 0) is 52.3 Å². The first kappa shape index (κ1) is 15.9. The number of rotatable bonds is 8. The Labute approximate surface area is 134 Å². The first-order valence-corrected chi connectivity index (χ1v) is 7.88. The highest BCUT2D eigenvalue weighted by molar-refractivity contribution is 9.10. The smallest absolute Gasteiger partial charge is 0.133 e. The Hall–Kier alpha value is -1.52. The van der Waals surface area contributed by atoms with E-state index in [1.807, 2.05) is 36.4 Å². The molecule has 0 aromatic heterocycles. The van der Waals surface area contributed by atoms with Gasteiger partial charge in [0.25, 0.3) is 0 Å². The van der Waals surface area contributed by atoms with Crippen molar-refractivity contribution in [2.75, 3.05) is 19.8 Å². The van der Waals surface area contributed by atoms with E-state index in [1.165, 1.54) is 5.56 Å². The van der Waals surface area contributed by atoms with Gasteiger partial charge < -0.3 is 14.8 Å². The fraction of sp³-hybridized carbons (Fsp3) is 0.294. The maximum Gasteiger partial charge on any atom is 0.133 e. The largest absolute Gasteiger partial charge is 0.490 e.